The van der Waals surface area contributed by atoms with Gasteiger partial charge in [0.2, 0.25) is 5.91 Å². The molecule has 0 fully saturated rings. The van der Waals surface area contributed by atoms with E-state index in [1.54, 1.807) is 13.0 Å². The summed E-state index contributed by atoms with van der Waals surface area (Å²) in [7, 11) is 0. The summed E-state index contributed by atoms with van der Waals surface area (Å²) in [6, 6.07) is 5.24. The van der Waals surface area contributed by atoms with E-state index in [0.29, 0.717) is 12.5 Å². The molecule has 0 saturated carbocycles. The molecule has 138 valence electrons. The van der Waals surface area contributed by atoms with Crippen LogP contribution in [0.2, 0.25) is 0 Å². The number of benzene rings is 1. The predicted octanol–water partition coefficient (Wildman–Crippen LogP) is 4.11. The Morgan fingerprint density at radius 1 is 1.21 bits per heavy atom. The Morgan fingerprint density at radius 2 is 1.79 bits per heavy atom. The van der Waals surface area contributed by atoms with Crippen LogP contribution in [0.1, 0.15) is 50.7 Å². The van der Waals surface area contributed by atoms with Crippen molar-refractivity contribution in [3.63, 3.8) is 0 Å². The summed E-state index contributed by atoms with van der Waals surface area (Å²) in [5.41, 5.74) is 5.09. The molecule has 0 aliphatic heterocycles. The Bertz CT molecular complexity index is 521. The third kappa shape index (κ3) is 7.09. The molecule has 7 heteroatoms. The van der Waals surface area contributed by atoms with Crippen molar-refractivity contribution in [1.82, 2.24) is 5.32 Å². The summed E-state index contributed by atoms with van der Waals surface area (Å²) in [6.45, 7) is 6.00. The number of carbonyl (C=O) groups is 1. The molecule has 0 radical (unpaired) electrons. The molecule has 1 amide bonds. The minimum absolute atomic E-state index is 0. The van der Waals surface area contributed by atoms with Crippen LogP contribution < -0.4 is 11.1 Å². The van der Waals surface area contributed by atoms with E-state index in [9.17, 15) is 18.0 Å². The van der Waals surface area contributed by atoms with E-state index in [-0.39, 0.29) is 36.3 Å². The minimum Gasteiger partial charge on any atom is -0.352 e. The molecule has 0 aromatic heterocycles. The van der Waals surface area contributed by atoms with Gasteiger partial charge in [0.25, 0.3) is 0 Å². The zero-order valence-electron chi connectivity index (χ0n) is 14.2. The van der Waals surface area contributed by atoms with Gasteiger partial charge in [-0.2, -0.15) is 13.2 Å². The smallest absolute Gasteiger partial charge is 0.352 e. The van der Waals surface area contributed by atoms with Crippen molar-refractivity contribution >= 4 is 18.3 Å². The summed E-state index contributed by atoms with van der Waals surface area (Å²) in [5.74, 6) is -0.414. The maximum Gasteiger partial charge on any atom is 0.416 e. The number of alkyl halides is 3. The second-order valence-electron chi connectivity index (χ2n) is 6.32. The summed E-state index contributed by atoms with van der Waals surface area (Å²) in [6.07, 6.45) is -3.67. The van der Waals surface area contributed by atoms with Gasteiger partial charge in [-0.15, -0.1) is 12.4 Å². The van der Waals surface area contributed by atoms with Crippen LogP contribution in [0, 0.1) is 5.92 Å². The van der Waals surface area contributed by atoms with Crippen LogP contribution in [0.25, 0.3) is 0 Å². The first-order valence-corrected chi connectivity index (χ1v) is 7.80. The van der Waals surface area contributed by atoms with E-state index in [4.69, 9.17) is 5.73 Å². The molecule has 0 aliphatic carbocycles. The summed E-state index contributed by atoms with van der Waals surface area (Å²) in [4.78, 5) is 12.1. The van der Waals surface area contributed by atoms with Crippen molar-refractivity contribution in [2.24, 2.45) is 11.7 Å². The molecule has 2 unspecified atom stereocenters. The second-order valence-corrected chi connectivity index (χ2v) is 6.32. The SMILES string of the molecule is CC(C)CC(CN)NC(=O)CC(C)c1ccccc1C(F)(F)F.Cl. The average Bonchev–Trinajstić information content (AvgIpc) is 2.45. The zero-order chi connectivity index (χ0) is 17.6. The monoisotopic (exact) mass is 366 g/mol. The van der Waals surface area contributed by atoms with Gasteiger partial charge in [0.05, 0.1) is 5.56 Å². The van der Waals surface area contributed by atoms with E-state index >= 15 is 0 Å². The molecule has 0 heterocycles. The van der Waals surface area contributed by atoms with Gasteiger partial charge in [-0.3, -0.25) is 4.79 Å². The first-order chi connectivity index (χ1) is 10.6. The van der Waals surface area contributed by atoms with E-state index in [2.05, 4.69) is 5.32 Å². The van der Waals surface area contributed by atoms with Crippen LogP contribution in [0.4, 0.5) is 13.2 Å². The lowest BCUT2D eigenvalue weighted by Crippen LogP contribution is -2.41. The van der Waals surface area contributed by atoms with E-state index < -0.39 is 17.7 Å². The van der Waals surface area contributed by atoms with Crippen LogP contribution in [-0.2, 0) is 11.0 Å². The van der Waals surface area contributed by atoms with Crippen molar-refractivity contribution in [3.8, 4) is 0 Å². The highest BCUT2D eigenvalue weighted by Gasteiger charge is 2.34. The molecule has 0 bridgehead atoms. The molecule has 24 heavy (non-hydrogen) atoms. The zero-order valence-corrected chi connectivity index (χ0v) is 15.0. The molecule has 3 N–H and O–H groups in total. The number of hydrogen-bond acceptors (Lipinski definition) is 2. The maximum absolute atomic E-state index is 13.0. The maximum atomic E-state index is 13.0. The third-order valence-corrected chi connectivity index (χ3v) is 3.69. The lowest BCUT2D eigenvalue weighted by atomic mass is 9.92. The normalized spacial score (nSPS) is 14.0. The van der Waals surface area contributed by atoms with E-state index in [0.717, 1.165) is 12.5 Å². The number of halogens is 4. The number of hydrogen-bond donors (Lipinski definition) is 2. The molecule has 1 rings (SSSR count). The van der Waals surface area contributed by atoms with Crippen molar-refractivity contribution in [1.29, 1.82) is 0 Å². The largest absolute Gasteiger partial charge is 0.416 e. The second kappa shape index (κ2) is 9.89. The van der Waals surface area contributed by atoms with Crippen molar-refractivity contribution in [2.75, 3.05) is 6.54 Å². The van der Waals surface area contributed by atoms with Crippen LogP contribution in [-0.4, -0.2) is 18.5 Å². The Labute approximate surface area is 147 Å². The highest BCUT2D eigenvalue weighted by Crippen LogP contribution is 2.35. The molecule has 0 aliphatic rings. The fourth-order valence-electron chi connectivity index (χ4n) is 2.64. The first kappa shape index (κ1) is 22.7. The lowest BCUT2D eigenvalue weighted by Gasteiger charge is -2.21. The van der Waals surface area contributed by atoms with Crippen LogP contribution in [0.3, 0.4) is 0 Å². The fourth-order valence-corrected chi connectivity index (χ4v) is 2.64. The number of carbonyl (C=O) groups excluding carboxylic acids is 1. The van der Waals surface area contributed by atoms with Crippen LogP contribution in [0.5, 0.6) is 0 Å². The van der Waals surface area contributed by atoms with E-state index in [1.165, 1.54) is 12.1 Å². The molecule has 3 nitrogen and oxygen atoms in total. The lowest BCUT2D eigenvalue weighted by molar-refractivity contribution is -0.138. The molecular weight excluding hydrogens is 341 g/mol. The van der Waals surface area contributed by atoms with Gasteiger partial charge in [-0.1, -0.05) is 39.0 Å². The highest BCUT2D eigenvalue weighted by atomic mass is 35.5. The summed E-state index contributed by atoms with van der Waals surface area (Å²) < 4.78 is 39.1. The Morgan fingerprint density at radius 3 is 2.29 bits per heavy atom. The minimum atomic E-state index is -4.42. The first-order valence-electron chi connectivity index (χ1n) is 7.80. The van der Waals surface area contributed by atoms with Crippen molar-refractivity contribution in [3.05, 3.63) is 35.4 Å². The van der Waals surface area contributed by atoms with Gasteiger partial charge in [0.15, 0.2) is 0 Å². The fraction of sp³-hybridized carbons (Fsp3) is 0.588. The Hall–Kier alpha value is -1.27. The molecule has 1 aromatic rings. The number of nitrogens with two attached hydrogens (primary N) is 1. The Balaban J connectivity index is 0.00000529. The van der Waals surface area contributed by atoms with Gasteiger partial charge < -0.3 is 11.1 Å². The predicted molar refractivity (Wildman–Crippen MR) is 92.2 cm³/mol. The molecular formula is C17H26ClF3N2O. The average molecular weight is 367 g/mol. The quantitative estimate of drug-likeness (QED) is 0.763. The van der Waals surface area contributed by atoms with Gasteiger partial charge >= 0.3 is 6.18 Å². The Kier molecular flexibility index (Phi) is 9.37. The van der Waals surface area contributed by atoms with Crippen LogP contribution in [0.15, 0.2) is 24.3 Å². The van der Waals surface area contributed by atoms with Gasteiger partial charge in [-0.05, 0) is 29.9 Å². The van der Waals surface area contributed by atoms with Gasteiger partial charge in [0.1, 0.15) is 0 Å². The van der Waals surface area contributed by atoms with Crippen LogP contribution >= 0.6 is 12.4 Å². The number of amides is 1. The molecule has 2 atom stereocenters. The standard InChI is InChI=1S/C17H25F3N2O.ClH/c1-11(2)8-13(10-21)22-16(23)9-12(3)14-6-4-5-7-15(14)17(18,19)20;/h4-7,11-13H,8-10,21H2,1-3H3,(H,22,23);1H. The molecule has 0 spiro atoms. The third-order valence-electron chi connectivity index (χ3n) is 3.69. The number of nitrogens with one attached hydrogen (secondary N) is 1. The highest BCUT2D eigenvalue weighted by molar-refractivity contribution is 5.85. The van der Waals surface area contributed by atoms with E-state index in [1.807, 2.05) is 13.8 Å². The van der Waals surface area contributed by atoms with Gasteiger partial charge in [-0.25, -0.2) is 0 Å². The van der Waals surface area contributed by atoms with Crippen molar-refractivity contribution in [2.45, 2.75) is 51.7 Å². The van der Waals surface area contributed by atoms with Gasteiger partial charge in [0, 0.05) is 19.0 Å². The summed E-state index contributed by atoms with van der Waals surface area (Å²) in [5, 5.41) is 2.81. The number of rotatable bonds is 7. The molecule has 0 saturated heterocycles. The topological polar surface area (TPSA) is 55.1 Å². The molecule has 1 aromatic carbocycles. The summed E-state index contributed by atoms with van der Waals surface area (Å²) >= 11 is 0. The van der Waals surface area contributed by atoms with Crippen molar-refractivity contribution < 1.29 is 18.0 Å².